The lowest BCUT2D eigenvalue weighted by Crippen LogP contribution is -2.65. The van der Waals surface area contributed by atoms with Gasteiger partial charge in [0, 0.05) is 38.3 Å². The highest BCUT2D eigenvalue weighted by atomic mass is 35.5. The number of fused-ring (bicyclic) bond motifs is 1. The third-order valence-electron chi connectivity index (χ3n) is 7.26. The summed E-state index contributed by atoms with van der Waals surface area (Å²) in [5.41, 5.74) is 2.50. The van der Waals surface area contributed by atoms with E-state index in [4.69, 9.17) is 11.6 Å². The number of hydrogen-bond acceptors (Lipinski definition) is 10. The summed E-state index contributed by atoms with van der Waals surface area (Å²) in [7, 11) is 1.73. The zero-order valence-corrected chi connectivity index (χ0v) is 21.1. The van der Waals surface area contributed by atoms with Gasteiger partial charge >= 0.3 is 0 Å². The van der Waals surface area contributed by atoms with E-state index in [0.717, 1.165) is 44.7 Å². The van der Waals surface area contributed by atoms with Crippen LogP contribution in [0.5, 0.6) is 0 Å². The van der Waals surface area contributed by atoms with Crippen LogP contribution < -0.4 is 15.5 Å². The molecule has 0 atom stereocenters. The Morgan fingerprint density at radius 2 is 1.92 bits per heavy atom. The lowest BCUT2D eigenvalue weighted by atomic mass is 10.0. The van der Waals surface area contributed by atoms with Crippen molar-refractivity contribution in [3.63, 3.8) is 0 Å². The molecule has 2 aromatic heterocycles. The Morgan fingerprint density at radius 1 is 1.16 bits per heavy atom. The fourth-order valence-corrected chi connectivity index (χ4v) is 5.07. The van der Waals surface area contributed by atoms with E-state index in [1.54, 1.807) is 19.2 Å². The van der Waals surface area contributed by atoms with Crippen molar-refractivity contribution >= 4 is 40.4 Å². The van der Waals surface area contributed by atoms with Crippen LogP contribution in [0, 0.1) is 27.9 Å². The lowest BCUT2D eigenvalue weighted by molar-refractivity contribution is -0.865. The zero-order valence-electron chi connectivity index (χ0n) is 20.4. The Kier molecular flexibility index (Phi) is 5.77. The quantitative estimate of drug-likeness (QED) is 0.367. The van der Waals surface area contributed by atoms with Gasteiger partial charge in [0.1, 0.15) is 6.07 Å². The van der Waals surface area contributed by atoms with Crippen molar-refractivity contribution in [3.8, 4) is 12.1 Å². The molecule has 37 heavy (non-hydrogen) atoms. The van der Waals surface area contributed by atoms with E-state index in [1.165, 1.54) is 10.7 Å². The Hall–Kier alpha value is -3.68. The summed E-state index contributed by atoms with van der Waals surface area (Å²) in [6.45, 7) is 4.31. The van der Waals surface area contributed by atoms with E-state index >= 15 is 0 Å². The van der Waals surface area contributed by atoms with E-state index in [9.17, 15) is 15.7 Å². The number of piperazine rings is 1. The molecule has 1 saturated carbocycles. The van der Waals surface area contributed by atoms with Crippen molar-refractivity contribution in [1.29, 1.82) is 10.5 Å². The molecule has 190 valence electrons. The van der Waals surface area contributed by atoms with Crippen LogP contribution in [0.3, 0.4) is 0 Å². The first-order valence-electron chi connectivity index (χ1n) is 12.3. The van der Waals surface area contributed by atoms with Crippen LogP contribution in [0.15, 0.2) is 18.3 Å². The van der Waals surface area contributed by atoms with E-state index in [0.29, 0.717) is 52.9 Å². The Morgan fingerprint density at radius 3 is 2.59 bits per heavy atom. The van der Waals surface area contributed by atoms with Crippen molar-refractivity contribution in [2.75, 3.05) is 61.8 Å². The van der Waals surface area contributed by atoms with Crippen LogP contribution in [-0.4, -0.2) is 87.5 Å². The van der Waals surface area contributed by atoms with E-state index in [-0.39, 0.29) is 16.3 Å². The van der Waals surface area contributed by atoms with Gasteiger partial charge in [-0.25, -0.2) is 4.98 Å². The fraction of sp³-hybridized carbons (Fsp3) is 0.458. The summed E-state index contributed by atoms with van der Waals surface area (Å²) in [6, 6.07) is 8.45. The van der Waals surface area contributed by atoms with Crippen LogP contribution in [0.25, 0.3) is 5.65 Å². The number of nitrogens with one attached hydrogen (secondary N) is 2. The van der Waals surface area contributed by atoms with Gasteiger partial charge in [-0.3, -0.25) is 4.90 Å². The number of hydroxylamine groups is 3. The SMILES string of the molecule is C[N+]1([O-])CCN(C2CN(c3cc(C#N)cc(Nc4nc(NC5CC5)c5ncc(C#N)n5n4)c3Cl)C2)CC1. The van der Waals surface area contributed by atoms with Crippen LogP contribution >= 0.6 is 11.6 Å². The van der Waals surface area contributed by atoms with Gasteiger partial charge in [0.15, 0.2) is 17.2 Å². The molecule has 0 radical (unpaired) electrons. The van der Waals surface area contributed by atoms with Crippen molar-refractivity contribution in [3.05, 3.63) is 39.8 Å². The zero-order chi connectivity index (χ0) is 25.7. The summed E-state index contributed by atoms with van der Waals surface area (Å²) < 4.78 is 1.27. The lowest BCUT2D eigenvalue weighted by Gasteiger charge is -2.52. The van der Waals surface area contributed by atoms with Gasteiger partial charge in [0.25, 0.3) is 0 Å². The van der Waals surface area contributed by atoms with E-state index < -0.39 is 0 Å². The molecular formula is C24H26ClN11O. The van der Waals surface area contributed by atoms with Gasteiger partial charge in [-0.2, -0.15) is 20.0 Å². The first kappa shape index (κ1) is 23.7. The molecule has 3 aromatic rings. The average molecular weight is 520 g/mol. The molecule has 3 aliphatic rings. The molecular weight excluding hydrogens is 494 g/mol. The van der Waals surface area contributed by atoms with Crippen LogP contribution in [-0.2, 0) is 0 Å². The van der Waals surface area contributed by atoms with Crippen LogP contribution in [0.1, 0.15) is 24.1 Å². The molecule has 2 aliphatic heterocycles. The first-order valence-corrected chi connectivity index (χ1v) is 12.7. The maximum Gasteiger partial charge on any atom is 0.247 e. The second kappa shape index (κ2) is 9.01. The number of hydrogen-bond donors (Lipinski definition) is 2. The largest absolute Gasteiger partial charge is 0.633 e. The monoisotopic (exact) mass is 519 g/mol. The second-order valence-corrected chi connectivity index (χ2v) is 10.5. The molecule has 3 fully saturated rings. The number of benzene rings is 1. The van der Waals surface area contributed by atoms with Crippen molar-refractivity contribution in [2.24, 2.45) is 0 Å². The molecule has 0 amide bonds. The molecule has 0 bridgehead atoms. The highest BCUT2D eigenvalue weighted by Crippen LogP contribution is 2.38. The summed E-state index contributed by atoms with van der Waals surface area (Å²) in [6.07, 6.45) is 3.56. The first-order chi connectivity index (χ1) is 17.8. The third-order valence-corrected chi connectivity index (χ3v) is 7.66. The molecule has 4 heterocycles. The average Bonchev–Trinajstić information content (AvgIpc) is 3.57. The van der Waals surface area contributed by atoms with E-state index in [1.807, 2.05) is 0 Å². The van der Waals surface area contributed by atoms with Crippen molar-refractivity contribution in [1.82, 2.24) is 24.5 Å². The topological polar surface area (TPSA) is 144 Å². The van der Waals surface area contributed by atoms with Crippen LogP contribution in [0.4, 0.5) is 23.1 Å². The molecule has 0 spiro atoms. The highest BCUT2D eigenvalue weighted by Gasteiger charge is 2.36. The minimum Gasteiger partial charge on any atom is -0.633 e. The van der Waals surface area contributed by atoms with E-state index in [2.05, 4.69) is 47.6 Å². The predicted molar refractivity (Wildman–Crippen MR) is 138 cm³/mol. The number of imidazole rings is 1. The van der Waals surface area contributed by atoms with Gasteiger partial charge in [-0.1, -0.05) is 11.6 Å². The molecule has 0 unspecified atom stereocenters. The number of quaternary nitrogens is 1. The number of nitrogens with zero attached hydrogens (tertiary/aromatic N) is 9. The summed E-state index contributed by atoms with van der Waals surface area (Å²) >= 11 is 6.84. The van der Waals surface area contributed by atoms with Crippen molar-refractivity contribution < 1.29 is 4.65 Å². The summed E-state index contributed by atoms with van der Waals surface area (Å²) in [5.74, 6) is 0.774. The molecule has 2 saturated heterocycles. The minimum absolute atomic E-state index is 0.182. The summed E-state index contributed by atoms with van der Waals surface area (Å²) in [5, 5.41) is 42.8. The summed E-state index contributed by atoms with van der Waals surface area (Å²) in [4.78, 5) is 13.4. The van der Waals surface area contributed by atoms with Crippen molar-refractivity contribution in [2.45, 2.75) is 24.9 Å². The number of halogens is 1. The smallest absolute Gasteiger partial charge is 0.247 e. The maximum absolute atomic E-state index is 12.2. The van der Waals surface area contributed by atoms with Gasteiger partial charge in [-0.15, -0.1) is 5.10 Å². The Balaban J connectivity index is 1.26. The highest BCUT2D eigenvalue weighted by molar-refractivity contribution is 6.36. The Bertz CT molecular complexity index is 1440. The number of nitriles is 2. The molecule has 1 aliphatic carbocycles. The van der Waals surface area contributed by atoms with Crippen LogP contribution in [0.2, 0.25) is 5.02 Å². The van der Waals surface area contributed by atoms with Gasteiger partial charge in [-0.05, 0) is 25.0 Å². The number of aromatic nitrogens is 4. The molecule has 6 rings (SSSR count). The normalized spacial score (nSPS) is 19.8. The molecule has 13 heteroatoms. The standard InChI is InChI=1S/C24H26ClN11O/c1-36(37)6-4-33(5-7-36)18-13-34(14-18)20-9-15(10-26)8-19(21(20)25)30-24-31-22(29-16-2-3-16)23-28-12-17(11-27)35(23)32-24/h8-9,12,16,18H,2-7,13-14H2,1H3,(H2,29,30,31,32). The number of likely N-dealkylation sites (N-methyl/N-ethyl adjacent to an activating group) is 1. The third kappa shape index (κ3) is 4.61. The number of rotatable bonds is 6. The Labute approximate surface area is 218 Å². The maximum atomic E-state index is 12.2. The molecule has 2 N–H and O–H groups in total. The fourth-order valence-electron chi connectivity index (χ4n) is 4.80. The molecule has 12 nitrogen and oxygen atoms in total. The van der Waals surface area contributed by atoms with Gasteiger partial charge in [0.2, 0.25) is 5.95 Å². The molecule has 1 aromatic carbocycles. The van der Waals surface area contributed by atoms with Gasteiger partial charge < -0.3 is 25.4 Å². The predicted octanol–water partition coefficient (Wildman–Crippen LogP) is 2.29. The van der Waals surface area contributed by atoms with Gasteiger partial charge in [0.05, 0.1) is 54.4 Å². The minimum atomic E-state index is -0.182. The second-order valence-electron chi connectivity index (χ2n) is 10.1. The number of anilines is 4.